The minimum absolute atomic E-state index is 0.136. The summed E-state index contributed by atoms with van der Waals surface area (Å²) in [5, 5.41) is 0. The van der Waals surface area contributed by atoms with Gasteiger partial charge in [0.2, 0.25) is 0 Å². The lowest BCUT2D eigenvalue weighted by Gasteiger charge is -2.34. The van der Waals surface area contributed by atoms with E-state index in [2.05, 4.69) is 16.7 Å². The topological polar surface area (TPSA) is 49.9 Å². The molecular formula is C14H26N2O3. The van der Waals surface area contributed by atoms with Crippen molar-refractivity contribution < 1.29 is 14.3 Å². The number of nitrogens with zero attached hydrogens (tertiary/aromatic N) is 2. The SMILES string of the molecule is CCCN1CCN(CC(=O)CCC(=O)OCC)CC1. The van der Waals surface area contributed by atoms with Crippen LogP contribution in [0.4, 0.5) is 0 Å². The van der Waals surface area contributed by atoms with Gasteiger partial charge in [0.25, 0.3) is 0 Å². The van der Waals surface area contributed by atoms with Crippen molar-refractivity contribution >= 4 is 11.8 Å². The molecule has 0 saturated carbocycles. The van der Waals surface area contributed by atoms with Crippen LogP contribution in [0.25, 0.3) is 0 Å². The fraction of sp³-hybridized carbons (Fsp3) is 0.857. The highest BCUT2D eigenvalue weighted by molar-refractivity contribution is 5.84. The molecule has 0 aromatic heterocycles. The van der Waals surface area contributed by atoms with E-state index in [9.17, 15) is 9.59 Å². The summed E-state index contributed by atoms with van der Waals surface area (Å²) in [6.07, 6.45) is 1.69. The molecule has 0 aromatic carbocycles. The van der Waals surface area contributed by atoms with Crippen LogP contribution in [0.5, 0.6) is 0 Å². The summed E-state index contributed by atoms with van der Waals surface area (Å²) in [4.78, 5) is 27.5. The molecule has 1 saturated heterocycles. The van der Waals surface area contributed by atoms with Gasteiger partial charge in [-0.2, -0.15) is 0 Å². The lowest BCUT2D eigenvalue weighted by atomic mass is 10.2. The number of carbonyl (C=O) groups is 2. The summed E-state index contributed by atoms with van der Waals surface area (Å²) >= 11 is 0. The molecule has 0 aliphatic carbocycles. The average molecular weight is 270 g/mol. The van der Waals surface area contributed by atoms with Crippen molar-refractivity contribution in [2.24, 2.45) is 0 Å². The molecule has 1 aliphatic heterocycles. The van der Waals surface area contributed by atoms with Crippen molar-refractivity contribution in [3.8, 4) is 0 Å². The zero-order valence-corrected chi connectivity index (χ0v) is 12.2. The highest BCUT2D eigenvalue weighted by Crippen LogP contribution is 2.04. The number of esters is 1. The molecule has 1 rings (SSSR count). The molecule has 110 valence electrons. The van der Waals surface area contributed by atoms with Crippen molar-refractivity contribution in [1.29, 1.82) is 0 Å². The zero-order chi connectivity index (χ0) is 14.1. The van der Waals surface area contributed by atoms with Crippen LogP contribution in [-0.4, -0.2) is 67.4 Å². The number of carbonyl (C=O) groups excluding carboxylic acids is 2. The van der Waals surface area contributed by atoms with Gasteiger partial charge < -0.3 is 9.64 Å². The number of hydrogen-bond donors (Lipinski definition) is 0. The summed E-state index contributed by atoms with van der Waals surface area (Å²) in [5.41, 5.74) is 0. The zero-order valence-electron chi connectivity index (χ0n) is 12.2. The number of hydrogen-bond acceptors (Lipinski definition) is 5. The van der Waals surface area contributed by atoms with E-state index in [1.165, 1.54) is 6.42 Å². The molecule has 5 heteroatoms. The quantitative estimate of drug-likeness (QED) is 0.614. The lowest BCUT2D eigenvalue weighted by molar-refractivity contribution is -0.144. The van der Waals surface area contributed by atoms with Gasteiger partial charge in [-0.15, -0.1) is 0 Å². The summed E-state index contributed by atoms with van der Waals surface area (Å²) in [5.74, 6) is -0.138. The third-order valence-electron chi connectivity index (χ3n) is 3.32. The highest BCUT2D eigenvalue weighted by atomic mass is 16.5. The van der Waals surface area contributed by atoms with Crippen LogP contribution in [0.3, 0.4) is 0 Å². The molecular weight excluding hydrogens is 244 g/mol. The Balaban J connectivity index is 2.14. The summed E-state index contributed by atoms with van der Waals surface area (Å²) in [6.45, 7) is 9.94. The Labute approximate surface area is 115 Å². The standard InChI is InChI=1S/C14H26N2O3/c1-3-7-15-8-10-16(11-9-15)12-13(17)5-6-14(18)19-4-2/h3-12H2,1-2H3. The average Bonchev–Trinajstić information content (AvgIpc) is 2.39. The van der Waals surface area contributed by atoms with Gasteiger partial charge in [0.05, 0.1) is 19.6 Å². The normalized spacial score (nSPS) is 17.4. The van der Waals surface area contributed by atoms with Crippen molar-refractivity contribution in [1.82, 2.24) is 9.80 Å². The molecule has 1 aliphatic rings. The number of piperazine rings is 1. The van der Waals surface area contributed by atoms with Crippen LogP contribution >= 0.6 is 0 Å². The first-order chi connectivity index (χ1) is 9.15. The largest absolute Gasteiger partial charge is 0.466 e. The van der Waals surface area contributed by atoms with Crippen LogP contribution in [0.2, 0.25) is 0 Å². The van der Waals surface area contributed by atoms with E-state index in [-0.39, 0.29) is 18.2 Å². The van der Waals surface area contributed by atoms with Gasteiger partial charge in [-0.1, -0.05) is 6.92 Å². The van der Waals surface area contributed by atoms with Crippen molar-refractivity contribution in [3.63, 3.8) is 0 Å². The lowest BCUT2D eigenvalue weighted by Crippen LogP contribution is -2.47. The molecule has 5 nitrogen and oxygen atoms in total. The molecule has 0 aromatic rings. The number of ketones is 1. The Morgan fingerprint density at radius 2 is 1.63 bits per heavy atom. The maximum absolute atomic E-state index is 11.8. The molecule has 0 amide bonds. The Hall–Kier alpha value is -0.940. The third kappa shape index (κ3) is 6.68. The van der Waals surface area contributed by atoms with Gasteiger partial charge >= 0.3 is 5.97 Å². The van der Waals surface area contributed by atoms with Gasteiger partial charge in [0, 0.05) is 32.6 Å². The highest BCUT2D eigenvalue weighted by Gasteiger charge is 2.18. The monoisotopic (exact) mass is 270 g/mol. The van der Waals surface area contributed by atoms with Gasteiger partial charge in [-0.3, -0.25) is 14.5 Å². The molecule has 1 heterocycles. The summed E-state index contributed by atoms with van der Waals surface area (Å²) in [6, 6.07) is 0. The van der Waals surface area contributed by atoms with Crippen LogP contribution in [0, 0.1) is 0 Å². The van der Waals surface area contributed by atoms with E-state index in [0.717, 1.165) is 32.7 Å². The van der Waals surface area contributed by atoms with Gasteiger partial charge in [0.1, 0.15) is 5.78 Å². The smallest absolute Gasteiger partial charge is 0.306 e. The molecule has 0 unspecified atom stereocenters. The third-order valence-corrected chi connectivity index (χ3v) is 3.32. The maximum atomic E-state index is 11.8. The van der Waals surface area contributed by atoms with E-state index in [1.54, 1.807) is 6.92 Å². The van der Waals surface area contributed by atoms with Crippen LogP contribution in [0.1, 0.15) is 33.1 Å². The van der Waals surface area contributed by atoms with Crippen LogP contribution < -0.4 is 0 Å². The molecule has 19 heavy (non-hydrogen) atoms. The number of rotatable bonds is 8. The summed E-state index contributed by atoms with van der Waals surface area (Å²) < 4.78 is 4.81. The van der Waals surface area contributed by atoms with E-state index in [1.807, 2.05) is 0 Å². The molecule has 1 fully saturated rings. The Morgan fingerprint density at radius 1 is 1.00 bits per heavy atom. The summed E-state index contributed by atoms with van der Waals surface area (Å²) in [7, 11) is 0. The Bertz CT molecular complexity index is 286. The van der Waals surface area contributed by atoms with Crippen molar-refractivity contribution in [2.75, 3.05) is 45.9 Å². The molecule has 0 radical (unpaired) electrons. The second-order valence-corrected chi connectivity index (χ2v) is 4.96. The molecule has 0 atom stereocenters. The number of Topliss-reactive ketones (excluding diaryl/α,β-unsaturated/α-hetero) is 1. The van der Waals surface area contributed by atoms with E-state index in [0.29, 0.717) is 19.6 Å². The van der Waals surface area contributed by atoms with Crippen molar-refractivity contribution in [2.45, 2.75) is 33.1 Å². The first-order valence-electron chi connectivity index (χ1n) is 7.27. The van der Waals surface area contributed by atoms with Crippen molar-refractivity contribution in [3.05, 3.63) is 0 Å². The first kappa shape index (κ1) is 16.1. The van der Waals surface area contributed by atoms with E-state index < -0.39 is 0 Å². The fourth-order valence-electron chi connectivity index (χ4n) is 2.29. The fourth-order valence-corrected chi connectivity index (χ4v) is 2.29. The van der Waals surface area contributed by atoms with Crippen LogP contribution in [0.15, 0.2) is 0 Å². The Morgan fingerprint density at radius 3 is 2.21 bits per heavy atom. The molecule has 0 spiro atoms. The van der Waals surface area contributed by atoms with E-state index >= 15 is 0 Å². The second kappa shape index (κ2) is 9.04. The second-order valence-electron chi connectivity index (χ2n) is 4.96. The minimum Gasteiger partial charge on any atom is -0.466 e. The molecule has 0 bridgehead atoms. The molecule has 0 N–H and O–H groups in total. The minimum atomic E-state index is -0.274. The Kier molecular flexibility index (Phi) is 7.67. The number of ether oxygens (including phenoxy) is 1. The van der Waals surface area contributed by atoms with E-state index in [4.69, 9.17) is 4.74 Å². The van der Waals surface area contributed by atoms with Gasteiger partial charge in [-0.25, -0.2) is 0 Å². The van der Waals surface area contributed by atoms with Gasteiger partial charge in [-0.05, 0) is 19.9 Å². The van der Waals surface area contributed by atoms with Crippen LogP contribution in [-0.2, 0) is 14.3 Å². The van der Waals surface area contributed by atoms with Gasteiger partial charge in [0.15, 0.2) is 0 Å². The predicted molar refractivity (Wildman–Crippen MR) is 74.0 cm³/mol. The predicted octanol–water partition coefficient (Wildman–Crippen LogP) is 0.926. The first-order valence-corrected chi connectivity index (χ1v) is 7.27. The maximum Gasteiger partial charge on any atom is 0.306 e.